The average Bonchev–Trinajstić information content (AvgIpc) is 2.10. The predicted octanol–water partition coefficient (Wildman–Crippen LogP) is 2.83. The van der Waals surface area contributed by atoms with Crippen LogP contribution in [0.25, 0.3) is 0 Å². The van der Waals surface area contributed by atoms with Crippen molar-refractivity contribution in [2.45, 2.75) is 6.92 Å². The highest BCUT2D eigenvalue weighted by Gasteiger charge is 2.07. The third-order valence-electron chi connectivity index (χ3n) is 1.49. The van der Waals surface area contributed by atoms with Gasteiger partial charge >= 0.3 is 0 Å². The molecule has 0 saturated carbocycles. The Kier molecular flexibility index (Phi) is 4.32. The molecule has 0 aliphatic heterocycles. The molecule has 6 heteroatoms. The van der Waals surface area contributed by atoms with E-state index in [4.69, 9.17) is 35.4 Å². The highest BCUT2D eigenvalue weighted by molar-refractivity contribution is 7.80. The number of carbonyl (C=O) groups is 1. The lowest BCUT2D eigenvalue weighted by Crippen LogP contribution is -2.32. The SMILES string of the molecule is CC(=O)NC(=S)Nc1c(Cl)cccc1Cl. The van der Waals surface area contributed by atoms with E-state index >= 15 is 0 Å². The van der Waals surface area contributed by atoms with E-state index in [0.29, 0.717) is 15.7 Å². The van der Waals surface area contributed by atoms with Crippen LogP contribution < -0.4 is 10.6 Å². The first-order valence-corrected chi connectivity index (χ1v) is 5.19. The third-order valence-corrected chi connectivity index (χ3v) is 2.32. The highest BCUT2D eigenvalue weighted by atomic mass is 35.5. The van der Waals surface area contributed by atoms with Crippen molar-refractivity contribution in [2.75, 3.05) is 5.32 Å². The van der Waals surface area contributed by atoms with Crippen LogP contribution in [0, 0.1) is 0 Å². The van der Waals surface area contributed by atoms with Crippen molar-refractivity contribution in [1.29, 1.82) is 0 Å². The van der Waals surface area contributed by atoms with E-state index in [9.17, 15) is 4.79 Å². The molecule has 0 bridgehead atoms. The first-order chi connectivity index (χ1) is 7.00. The molecule has 0 unspecified atom stereocenters. The average molecular weight is 263 g/mol. The lowest BCUT2D eigenvalue weighted by atomic mass is 10.3. The number of benzene rings is 1. The maximum atomic E-state index is 10.7. The zero-order chi connectivity index (χ0) is 11.4. The molecule has 1 amide bonds. The Bertz CT molecular complexity index is 389. The summed E-state index contributed by atoms with van der Waals surface area (Å²) in [6, 6.07) is 5.07. The van der Waals surface area contributed by atoms with Gasteiger partial charge in [0.1, 0.15) is 0 Å². The monoisotopic (exact) mass is 262 g/mol. The normalized spacial score (nSPS) is 9.53. The van der Waals surface area contributed by atoms with E-state index in [1.165, 1.54) is 6.92 Å². The lowest BCUT2D eigenvalue weighted by molar-refractivity contribution is -0.117. The number of nitrogens with one attached hydrogen (secondary N) is 2. The zero-order valence-corrected chi connectivity index (χ0v) is 10.1. The van der Waals surface area contributed by atoms with Crippen LogP contribution in [0.5, 0.6) is 0 Å². The maximum Gasteiger partial charge on any atom is 0.222 e. The molecule has 0 aliphatic rings. The number of para-hydroxylation sites is 1. The van der Waals surface area contributed by atoms with Gasteiger partial charge in [-0.2, -0.15) is 0 Å². The summed E-state index contributed by atoms with van der Waals surface area (Å²) >= 11 is 16.7. The summed E-state index contributed by atoms with van der Waals surface area (Å²) in [6.45, 7) is 1.36. The van der Waals surface area contributed by atoms with Crippen LogP contribution in [0.15, 0.2) is 18.2 Å². The largest absolute Gasteiger partial charge is 0.330 e. The molecule has 0 aromatic heterocycles. The van der Waals surface area contributed by atoms with Crippen LogP contribution in [0.2, 0.25) is 10.0 Å². The smallest absolute Gasteiger partial charge is 0.222 e. The van der Waals surface area contributed by atoms with Crippen LogP contribution in [0.1, 0.15) is 6.92 Å². The second-order valence-electron chi connectivity index (χ2n) is 2.73. The summed E-state index contributed by atoms with van der Waals surface area (Å²) in [7, 11) is 0. The van der Waals surface area contributed by atoms with Gasteiger partial charge in [-0.3, -0.25) is 4.79 Å². The van der Waals surface area contributed by atoms with Crippen LogP contribution in [-0.2, 0) is 4.79 Å². The van der Waals surface area contributed by atoms with E-state index < -0.39 is 0 Å². The summed E-state index contributed by atoms with van der Waals surface area (Å²) in [4.78, 5) is 10.7. The van der Waals surface area contributed by atoms with Crippen LogP contribution in [0.3, 0.4) is 0 Å². The van der Waals surface area contributed by atoms with Crippen molar-refractivity contribution in [3.05, 3.63) is 28.2 Å². The molecule has 1 aromatic carbocycles. The van der Waals surface area contributed by atoms with Gasteiger partial charge in [-0.1, -0.05) is 29.3 Å². The van der Waals surface area contributed by atoms with Gasteiger partial charge < -0.3 is 10.6 Å². The number of halogens is 2. The zero-order valence-electron chi connectivity index (χ0n) is 7.80. The summed E-state index contributed by atoms with van der Waals surface area (Å²) in [6.07, 6.45) is 0. The molecule has 0 spiro atoms. The minimum Gasteiger partial charge on any atom is -0.330 e. The van der Waals surface area contributed by atoms with Crippen molar-refractivity contribution in [3.63, 3.8) is 0 Å². The van der Waals surface area contributed by atoms with E-state index in [-0.39, 0.29) is 11.0 Å². The minimum absolute atomic E-state index is 0.164. The number of thiocarbonyl (C=S) groups is 1. The number of rotatable bonds is 1. The number of hydrogen-bond donors (Lipinski definition) is 2. The molecule has 80 valence electrons. The molecule has 1 aromatic rings. The third kappa shape index (κ3) is 3.66. The fourth-order valence-corrected chi connectivity index (χ4v) is 1.66. The molecule has 0 saturated heterocycles. The topological polar surface area (TPSA) is 41.1 Å². The molecule has 0 radical (unpaired) electrons. The molecule has 0 aliphatic carbocycles. The van der Waals surface area contributed by atoms with E-state index in [1.54, 1.807) is 18.2 Å². The summed E-state index contributed by atoms with van der Waals surface area (Å²) in [5.41, 5.74) is 0.486. The van der Waals surface area contributed by atoms with E-state index in [2.05, 4.69) is 10.6 Å². The van der Waals surface area contributed by atoms with Crippen LogP contribution in [0.4, 0.5) is 5.69 Å². The number of hydrogen-bond acceptors (Lipinski definition) is 2. The van der Waals surface area contributed by atoms with Gasteiger partial charge in [0.05, 0.1) is 15.7 Å². The summed E-state index contributed by atoms with van der Waals surface area (Å²) in [5.74, 6) is -0.254. The van der Waals surface area contributed by atoms with Gasteiger partial charge in [0.15, 0.2) is 5.11 Å². The van der Waals surface area contributed by atoms with Crippen molar-refractivity contribution < 1.29 is 4.79 Å². The first kappa shape index (κ1) is 12.2. The molecular formula is C9H8Cl2N2OS. The Morgan fingerprint density at radius 1 is 1.33 bits per heavy atom. The predicted molar refractivity (Wildman–Crippen MR) is 66.5 cm³/mol. The molecular weight excluding hydrogens is 255 g/mol. The standard InChI is InChI=1S/C9H8Cl2N2OS/c1-5(14)12-9(15)13-8-6(10)3-2-4-7(8)11/h2-4H,1H3,(H2,12,13,14,15). The van der Waals surface area contributed by atoms with Crippen LogP contribution in [-0.4, -0.2) is 11.0 Å². The van der Waals surface area contributed by atoms with Crippen molar-refractivity contribution >= 4 is 52.1 Å². The van der Waals surface area contributed by atoms with Gasteiger partial charge in [0.25, 0.3) is 0 Å². The molecule has 0 fully saturated rings. The Hall–Kier alpha value is -0.840. The van der Waals surface area contributed by atoms with Gasteiger partial charge in [-0.05, 0) is 24.4 Å². The van der Waals surface area contributed by atoms with Gasteiger partial charge in [0.2, 0.25) is 5.91 Å². The van der Waals surface area contributed by atoms with E-state index in [0.717, 1.165) is 0 Å². The maximum absolute atomic E-state index is 10.7. The molecule has 1 rings (SSSR count). The molecule has 15 heavy (non-hydrogen) atoms. The Balaban J connectivity index is 2.80. The molecule has 0 atom stereocenters. The molecule has 3 nitrogen and oxygen atoms in total. The number of anilines is 1. The Morgan fingerprint density at radius 2 is 1.87 bits per heavy atom. The second kappa shape index (κ2) is 5.30. The van der Waals surface area contributed by atoms with Gasteiger partial charge in [0, 0.05) is 6.92 Å². The number of amides is 1. The van der Waals surface area contributed by atoms with Crippen molar-refractivity contribution in [3.8, 4) is 0 Å². The van der Waals surface area contributed by atoms with E-state index in [1.807, 2.05) is 0 Å². The fourth-order valence-electron chi connectivity index (χ4n) is 0.922. The quantitative estimate of drug-likeness (QED) is 0.765. The highest BCUT2D eigenvalue weighted by Crippen LogP contribution is 2.29. The molecule has 2 N–H and O–H groups in total. The lowest BCUT2D eigenvalue weighted by Gasteiger charge is -2.10. The van der Waals surface area contributed by atoms with Gasteiger partial charge in [-0.25, -0.2) is 0 Å². The van der Waals surface area contributed by atoms with Crippen molar-refractivity contribution in [1.82, 2.24) is 5.32 Å². The van der Waals surface area contributed by atoms with Crippen molar-refractivity contribution in [2.24, 2.45) is 0 Å². The minimum atomic E-state index is -0.254. The second-order valence-corrected chi connectivity index (χ2v) is 3.95. The van der Waals surface area contributed by atoms with Gasteiger partial charge in [-0.15, -0.1) is 0 Å². The molecule has 0 heterocycles. The first-order valence-electron chi connectivity index (χ1n) is 4.03. The Morgan fingerprint density at radius 3 is 2.33 bits per heavy atom. The Labute approximate surface area is 103 Å². The summed E-state index contributed by atoms with van der Waals surface area (Å²) < 4.78 is 0. The van der Waals surface area contributed by atoms with Crippen LogP contribution >= 0.6 is 35.4 Å². The number of carbonyl (C=O) groups excluding carboxylic acids is 1. The fraction of sp³-hybridized carbons (Fsp3) is 0.111. The summed E-state index contributed by atoms with van der Waals surface area (Å²) in [5, 5.41) is 6.20.